The topological polar surface area (TPSA) is 101 Å². The van der Waals surface area contributed by atoms with Gasteiger partial charge in [-0.1, -0.05) is 0 Å². The fourth-order valence-electron chi connectivity index (χ4n) is 3.24. The van der Waals surface area contributed by atoms with Crippen molar-refractivity contribution in [3.63, 3.8) is 0 Å². The molecule has 0 spiro atoms. The first-order valence-electron chi connectivity index (χ1n) is 7.33. The zero-order chi connectivity index (χ0) is 16.6. The van der Waals surface area contributed by atoms with Crippen molar-refractivity contribution in [1.29, 1.82) is 0 Å². The summed E-state index contributed by atoms with van der Waals surface area (Å²) in [5.74, 6) is 6.34. The van der Waals surface area contributed by atoms with Gasteiger partial charge in [0.15, 0.2) is 0 Å². The highest BCUT2D eigenvalue weighted by molar-refractivity contribution is 9.18. The van der Waals surface area contributed by atoms with Crippen molar-refractivity contribution < 1.29 is 19.2 Å². The fraction of sp³-hybridized carbons (Fsp3) is 0.500. The molecule has 3 aliphatic rings. The molecule has 1 fully saturated rings. The van der Waals surface area contributed by atoms with E-state index >= 15 is 0 Å². The van der Waals surface area contributed by atoms with Gasteiger partial charge >= 0.3 is 10.8 Å². The van der Waals surface area contributed by atoms with Crippen molar-refractivity contribution in [2.45, 2.75) is 18.9 Å². The molecule has 0 radical (unpaired) electrons. The Bertz CT molecular complexity index is 644. The number of likely N-dealkylation sites (tertiary alicyclic amines) is 1. The van der Waals surface area contributed by atoms with Gasteiger partial charge in [0.2, 0.25) is 5.70 Å². The second-order valence-electron chi connectivity index (χ2n) is 5.82. The molecule has 3 rings (SSSR count). The maximum Gasteiger partial charge on any atom is 0.407 e. The molecule has 0 bridgehead atoms. The van der Waals surface area contributed by atoms with Gasteiger partial charge in [0.05, 0.1) is 25.1 Å². The molecule has 0 aromatic rings. The van der Waals surface area contributed by atoms with Gasteiger partial charge in [0.25, 0.3) is 0 Å². The van der Waals surface area contributed by atoms with E-state index in [9.17, 15) is 9.90 Å². The van der Waals surface area contributed by atoms with Crippen molar-refractivity contribution >= 4 is 33.0 Å². The van der Waals surface area contributed by atoms with Gasteiger partial charge in [-0.25, -0.2) is 4.79 Å². The number of amides is 1. The van der Waals surface area contributed by atoms with Gasteiger partial charge in [-0.15, -0.1) is 4.59 Å². The molecule has 1 saturated heterocycles. The molecule has 0 aromatic carbocycles. The van der Waals surface area contributed by atoms with E-state index in [4.69, 9.17) is 10.6 Å². The van der Waals surface area contributed by atoms with E-state index in [-0.39, 0.29) is 16.6 Å². The van der Waals surface area contributed by atoms with E-state index in [2.05, 4.69) is 25.9 Å². The Hall–Kier alpha value is -1.55. The quantitative estimate of drug-likeness (QED) is 0.438. The number of aliphatic imine (C=N–C) groups is 2. The minimum absolute atomic E-state index is 0.0109. The van der Waals surface area contributed by atoms with E-state index in [1.54, 1.807) is 25.7 Å². The lowest BCUT2D eigenvalue weighted by Gasteiger charge is -2.37. The van der Waals surface area contributed by atoms with Crippen LogP contribution in [-0.4, -0.2) is 58.0 Å². The first-order chi connectivity index (χ1) is 11.0. The Morgan fingerprint density at radius 3 is 3.09 bits per heavy atom. The van der Waals surface area contributed by atoms with E-state index < -0.39 is 6.09 Å². The summed E-state index contributed by atoms with van der Waals surface area (Å²) in [5.41, 5.74) is 1.58. The van der Waals surface area contributed by atoms with Crippen LogP contribution in [0.4, 0.5) is 4.79 Å². The number of carboxylic acid groups (broad SMARTS) is 1. The average molecular weight is 385 g/mol. The molecular formula is C14H19BrN5O3+. The number of nitrogens with two attached hydrogens (primary N) is 1. The summed E-state index contributed by atoms with van der Waals surface area (Å²) in [6, 6.07) is -0.120. The third-order valence-corrected chi connectivity index (χ3v) is 5.23. The fourth-order valence-corrected chi connectivity index (χ4v) is 3.74. The summed E-state index contributed by atoms with van der Waals surface area (Å²) < 4.78 is 5.66. The zero-order valence-electron chi connectivity index (χ0n) is 12.7. The normalized spacial score (nSPS) is 33.0. The van der Waals surface area contributed by atoms with Crippen LogP contribution in [0.15, 0.2) is 33.8 Å². The second kappa shape index (κ2) is 6.16. The van der Waals surface area contributed by atoms with Gasteiger partial charge < -0.3 is 14.7 Å². The number of halogens is 1. The van der Waals surface area contributed by atoms with Gasteiger partial charge in [-0.2, -0.15) is 10.8 Å². The average Bonchev–Trinajstić information content (AvgIpc) is 2.80. The monoisotopic (exact) mass is 384 g/mol. The first-order valence-corrected chi connectivity index (χ1v) is 8.13. The molecule has 3 atom stereocenters. The number of methoxy groups -OCH3 is 1. The van der Waals surface area contributed by atoms with Gasteiger partial charge in [0, 0.05) is 35.5 Å². The number of rotatable bonds is 3. The van der Waals surface area contributed by atoms with Crippen LogP contribution < -0.4 is 5.84 Å². The van der Waals surface area contributed by atoms with Crippen LogP contribution in [-0.2, 0) is 4.74 Å². The van der Waals surface area contributed by atoms with Crippen LogP contribution in [0.25, 0.3) is 0 Å². The SMILES string of the molecule is COCC1CCC(C2=C3C=NC=C[N+]3(N)C(Br)=N2)CN1C(=O)O. The van der Waals surface area contributed by atoms with Crippen molar-refractivity contribution in [2.75, 3.05) is 20.3 Å². The molecule has 3 heterocycles. The van der Waals surface area contributed by atoms with Crippen LogP contribution in [0.5, 0.6) is 0 Å². The maximum atomic E-state index is 11.6. The van der Waals surface area contributed by atoms with Crippen LogP contribution >= 0.6 is 15.9 Å². The zero-order valence-corrected chi connectivity index (χ0v) is 14.3. The number of amidine groups is 1. The third kappa shape index (κ3) is 2.74. The molecular weight excluding hydrogens is 366 g/mol. The van der Waals surface area contributed by atoms with Gasteiger partial charge in [0.1, 0.15) is 11.9 Å². The number of piperidine rings is 1. The number of carbonyl (C=O) groups is 1. The Morgan fingerprint density at radius 2 is 2.39 bits per heavy atom. The number of hydrogen-bond donors (Lipinski definition) is 2. The van der Waals surface area contributed by atoms with Crippen molar-refractivity contribution in [1.82, 2.24) is 4.90 Å². The predicted molar refractivity (Wildman–Crippen MR) is 88.6 cm³/mol. The van der Waals surface area contributed by atoms with Crippen LogP contribution in [0.1, 0.15) is 12.8 Å². The lowest BCUT2D eigenvalue weighted by Crippen LogP contribution is -2.51. The minimum Gasteiger partial charge on any atom is -0.465 e. The van der Waals surface area contributed by atoms with Crippen LogP contribution in [0.3, 0.4) is 0 Å². The van der Waals surface area contributed by atoms with Crippen molar-refractivity contribution in [3.05, 3.63) is 23.8 Å². The van der Waals surface area contributed by atoms with Gasteiger partial charge in [-0.3, -0.25) is 4.99 Å². The summed E-state index contributed by atoms with van der Waals surface area (Å²) in [6.45, 7) is 0.780. The number of nitrogens with zero attached hydrogens (tertiary/aromatic N) is 4. The lowest BCUT2D eigenvalue weighted by atomic mass is 9.90. The molecule has 3 unspecified atom stereocenters. The van der Waals surface area contributed by atoms with Crippen LogP contribution in [0, 0.1) is 5.92 Å². The molecule has 23 heavy (non-hydrogen) atoms. The molecule has 0 saturated carbocycles. The molecule has 8 nitrogen and oxygen atoms in total. The first kappa shape index (κ1) is 16.3. The second-order valence-corrected chi connectivity index (χ2v) is 6.53. The van der Waals surface area contributed by atoms with Crippen molar-refractivity contribution in [2.24, 2.45) is 21.7 Å². The lowest BCUT2D eigenvalue weighted by molar-refractivity contribution is -0.746. The predicted octanol–water partition coefficient (Wildman–Crippen LogP) is 1.61. The Kier molecular flexibility index (Phi) is 4.37. The number of quaternary nitrogens is 1. The summed E-state index contributed by atoms with van der Waals surface area (Å²) >= 11 is 3.42. The molecule has 9 heteroatoms. The van der Waals surface area contributed by atoms with E-state index in [1.807, 2.05) is 0 Å². The summed E-state index contributed by atoms with van der Waals surface area (Å²) in [7, 11) is 1.58. The Balaban J connectivity index is 1.88. The number of hydrogen-bond acceptors (Lipinski definition) is 5. The molecule has 3 N–H and O–H groups in total. The van der Waals surface area contributed by atoms with Crippen molar-refractivity contribution in [3.8, 4) is 0 Å². The van der Waals surface area contributed by atoms with E-state index in [1.165, 1.54) is 4.90 Å². The molecule has 124 valence electrons. The van der Waals surface area contributed by atoms with Crippen LogP contribution in [0.2, 0.25) is 0 Å². The highest BCUT2D eigenvalue weighted by atomic mass is 79.9. The molecule has 0 aliphatic carbocycles. The Labute approximate surface area is 142 Å². The number of allylic oxidation sites excluding steroid dienone is 1. The number of ether oxygens (including phenoxy) is 1. The molecule has 0 aromatic heterocycles. The molecule has 1 amide bonds. The maximum absolute atomic E-state index is 11.6. The van der Waals surface area contributed by atoms with Gasteiger partial charge in [-0.05, 0) is 12.8 Å². The highest BCUT2D eigenvalue weighted by Gasteiger charge is 2.45. The number of fused-ring (bicyclic) bond motifs is 1. The smallest absolute Gasteiger partial charge is 0.407 e. The largest absolute Gasteiger partial charge is 0.465 e. The highest BCUT2D eigenvalue weighted by Crippen LogP contribution is 2.38. The molecule has 3 aliphatic heterocycles. The summed E-state index contributed by atoms with van der Waals surface area (Å²) in [6.07, 6.45) is 5.68. The Morgan fingerprint density at radius 1 is 1.61 bits per heavy atom. The summed E-state index contributed by atoms with van der Waals surface area (Å²) in [5, 5.41) is 9.47. The van der Waals surface area contributed by atoms with E-state index in [0.29, 0.717) is 17.9 Å². The minimum atomic E-state index is -0.936. The summed E-state index contributed by atoms with van der Waals surface area (Å²) in [4.78, 5) is 21.7. The standard InChI is InChI=1S/C14H18BrN5O3/c1-23-8-10-3-2-9(7-19(10)14(21)22)12-11-6-17-4-5-20(11,16)13(15)18-12/h4-6,9-10H,2-3,7-8,16H2,1H3/p+1. The van der Waals surface area contributed by atoms with E-state index in [0.717, 1.165) is 24.2 Å². The third-order valence-electron chi connectivity index (χ3n) is 4.46.